The summed E-state index contributed by atoms with van der Waals surface area (Å²) >= 11 is 6.11. The van der Waals surface area contributed by atoms with E-state index in [-0.39, 0.29) is 17.8 Å². The number of nitrogens with two attached hydrogens (primary N) is 1. The maximum atomic E-state index is 14.1. The van der Waals surface area contributed by atoms with Crippen molar-refractivity contribution in [3.05, 3.63) is 52.8 Å². The molecule has 10 heteroatoms. The first-order chi connectivity index (χ1) is 14.1. The molecule has 0 unspecified atom stereocenters. The molecule has 0 radical (unpaired) electrons. The average molecular weight is 445 g/mol. The van der Waals surface area contributed by atoms with Crippen LogP contribution in [0.5, 0.6) is 0 Å². The fraction of sp³-hybridized carbons (Fsp3) is 0.350. The van der Waals surface area contributed by atoms with Gasteiger partial charge in [0, 0.05) is 43.4 Å². The van der Waals surface area contributed by atoms with Gasteiger partial charge in [-0.15, -0.1) is 0 Å². The molecule has 2 aromatic rings. The van der Waals surface area contributed by atoms with Crippen LogP contribution >= 0.6 is 11.6 Å². The molecular weight excluding hydrogens is 424 g/mol. The minimum atomic E-state index is -4.18. The Hall–Kier alpha value is -2.52. The monoisotopic (exact) mass is 444 g/mol. The molecule has 5 nitrogen and oxygen atoms in total. The van der Waals surface area contributed by atoms with Crippen molar-refractivity contribution in [1.82, 2.24) is 4.90 Å². The van der Waals surface area contributed by atoms with E-state index < -0.39 is 24.3 Å². The van der Waals surface area contributed by atoms with Crippen LogP contribution in [0.2, 0.25) is 5.02 Å². The Labute approximate surface area is 176 Å². The minimum absolute atomic E-state index is 0.0487. The normalized spacial score (nSPS) is 15.3. The number of nitrogen functional groups attached to an aromatic ring is 1. The highest BCUT2D eigenvalue weighted by atomic mass is 35.5. The van der Waals surface area contributed by atoms with Crippen LogP contribution in [-0.2, 0) is 0 Å². The number of amides is 1. The lowest BCUT2D eigenvalue weighted by Gasteiger charge is -2.37. The quantitative estimate of drug-likeness (QED) is 0.530. The minimum Gasteiger partial charge on any atom is -0.399 e. The molecule has 30 heavy (non-hydrogen) atoms. The number of hydrogen-bond donors (Lipinski definition) is 2. The Morgan fingerprint density at radius 1 is 1.10 bits per heavy atom. The van der Waals surface area contributed by atoms with E-state index in [0.29, 0.717) is 42.6 Å². The Bertz CT molecular complexity index is 914. The van der Waals surface area contributed by atoms with Gasteiger partial charge in [-0.05, 0) is 36.4 Å². The number of halogens is 5. The first kappa shape index (κ1) is 22.2. The van der Waals surface area contributed by atoms with Gasteiger partial charge < -0.3 is 16.0 Å². The summed E-state index contributed by atoms with van der Waals surface area (Å²) in [5.74, 6) is -1.37. The van der Waals surface area contributed by atoms with E-state index in [1.54, 1.807) is 23.1 Å². The highest BCUT2D eigenvalue weighted by Crippen LogP contribution is 2.31. The summed E-state index contributed by atoms with van der Waals surface area (Å²) in [4.78, 5) is 16.2. The summed E-state index contributed by atoms with van der Waals surface area (Å²) in [6.45, 7) is 1.78. The smallest absolute Gasteiger partial charge is 0.390 e. The molecule has 0 aromatic heterocycles. The number of nitrogens with one attached hydrogen (secondary N) is 1. The lowest BCUT2D eigenvalue weighted by Crippen LogP contribution is -2.47. The molecule has 0 spiro atoms. The van der Waals surface area contributed by atoms with Crippen molar-refractivity contribution >= 4 is 34.6 Å². The van der Waals surface area contributed by atoms with Gasteiger partial charge >= 0.3 is 6.18 Å². The first-order valence-corrected chi connectivity index (χ1v) is 9.70. The van der Waals surface area contributed by atoms with Crippen LogP contribution in [-0.4, -0.2) is 49.7 Å². The Kier molecular flexibility index (Phi) is 6.72. The van der Waals surface area contributed by atoms with Gasteiger partial charge in [-0.3, -0.25) is 9.69 Å². The largest absolute Gasteiger partial charge is 0.399 e. The predicted octanol–water partition coefficient (Wildman–Crippen LogP) is 4.39. The van der Waals surface area contributed by atoms with Crippen LogP contribution in [0, 0.1) is 5.82 Å². The standard InChI is InChI=1S/C20H21ClF4N4O/c21-13-1-4-17(27-19(30)15-3-2-14(26)12-16(15)22)18(11-13)29-9-7-28(8-10-29)6-5-20(23,24)25/h1-4,11-12H,5-10,26H2,(H,27,30). The second-order valence-electron chi connectivity index (χ2n) is 7.05. The molecule has 1 aliphatic rings. The van der Waals surface area contributed by atoms with Crippen molar-refractivity contribution in [1.29, 1.82) is 0 Å². The maximum Gasteiger partial charge on any atom is 0.390 e. The molecule has 1 saturated heterocycles. The molecule has 0 aliphatic carbocycles. The highest BCUT2D eigenvalue weighted by Gasteiger charge is 2.29. The Balaban J connectivity index is 1.71. The number of benzene rings is 2. The van der Waals surface area contributed by atoms with Crippen molar-refractivity contribution in [3.63, 3.8) is 0 Å². The molecule has 3 N–H and O–H groups in total. The van der Waals surface area contributed by atoms with Crippen molar-refractivity contribution < 1.29 is 22.4 Å². The summed E-state index contributed by atoms with van der Waals surface area (Å²) < 4.78 is 51.4. The van der Waals surface area contributed by atoms with Crippen LogP contribution in [0.3, 0.4) is 0 Å². The van der Waals surface area contributed by atoms with Gasteiger partial charge in [0.25, 0.3) is 5.91 Å². The van der Waals surface area contributed by atoms with Crippen molar-refractivity contribution in [3.8, 4) is 0 Å². The van der Waals surface area contributed by atoms with Gasteiger partial charge in [-0.2, -0.15) is 13.2 Å². The molecule has 0 bridgehead atoms. The van der Waals surface area contributed by atoms with Crippen LogP contribution in [0.1, 0.15) is 16.8 Å². The maximum absolute atomic E-state index is 14.1. The molecule has 2 aromatic carbocycles. The van der Waals surface area contributed by atoms with Crippen molar-refractivity contribution in [2.45, 2.75) is 12.6 Å². The van der Waals surface area contributed by atoms with Gasteiger partial charge in [0.1, 0.15) is 5.82 Å². The third kappa shape index (κ3) is 5.76. The molecular formula is C20H21ClF4N4O. The van der Waals surface area contributed by atoms with Crippen LogP contribution in [0.25, 0.3) is 0 Å². The number of rotatable bonds is 5. The molecule has 1 fully saturated rings. The third-order valence-electron chi connectivity index (χ3n) is 4.87. The number of alkyl halides is 3. The second-order valence-corrected chi connectivity index (χ2v) is 7.49. The van der Waals surface area contributed by atoms with E-state index in [1.807, 2.05) is 4.90 Å². The summed E-state index contributed by atoms with van der Waals surface area (Å²) in [6.07, 6.45) is -5.03. The SMILES string of the molecule is Nc1ccc(C(=O)Nc2ccc(Cl)cc2N2CCN(CCC(F)(F)F)CC2)c(F)c1. The molecule has 1 heterocycles. The van der Waals surface area contributed by atoms with E-state index in [2.05, 4.69) is 5.32 Å². The van der Waals surface area contributed by atoms with Gasteiger partial charge in [-0.25, -0.2) is 4.39 Å². The van der Waals surface area contributed by atoms with E-state index >= 15 is 0 Å². The van der Waals surface area contributed by atoms with E-state index in [9.17, 15) is 22.4 Å². The van der Waals surface area contributed by atoms with E-state index in [1.165, 1.54) is 12.1 Å². The highest BCUT2D eigenvalue weighted by molar-refractivity contribution is 6.31. The zero-order valence-corrected chi connectivity index (χ0v) is 16.7. The summed E-state index contributed by atoms with van der Waals surface area (Å²) in [5, 5.41) is 3.13. The fourth-order valence-electron chi connectivity index (χ4n) is 3.27. The Morgan fingerprint density at radius 2 is 1.80 bits per heavy atom. The topological polar surface area (TPSA) is 61.6 Å². The molecule has 1 amide bonds. The number of carbonyl (C=O) groups excluding carboxylic acids is 1. The molecule has 3 rings (SSSR count). The molecule has 162 valence electrons. The van der Waals surface area contributed by atoms with Crippen LogP contribution < -0.4 is 16.0 Å². The average Bonchev–Trinajstić information content (AvgIpc) is 2.67. The van der Waals surface area contributed by atoms with Crippen LogP contribution in [0.4, 0.5) is 34.6 Å². The van der Waals surface area contributed by atoms with Gasteiger partial charge in [-0.1, -0.05) is 11.6 Å². The first-order valence-electron chi connectivity index (χ1n) is 9.32. The van der Waals surface area contributed by atoms with Gasteiger partial charge in [0.05, 0.1) is 23.4 Å². The zero-order chi connectivity index (χ0) is 21.9. The number of anilines is 3. The number of hydrogen-bond acceptors (Lipinski definition) is 4. The molecule has 1 aliphatic heterocycles. The number of piperazine rings is 1. The lowest BCUT2D eigenvalue weighted by atomic mass is 10.1. The number of nitrogens with zero attached hydrogens (tertiary/aromatic N) is 2. The summed E-state index contributed by atoms with van der Waals surface area (Å²) in [7, 11) is 0. The van der Waals surface area contributed by atoms with Crippen molar-refractivity contribution in [2.24, 2.45) is 0 Å². The molecule has 0 atom stereocenters. The summed E-state index contributed by atoms with van der Waals surface area (Å²) in [6, 6.07) is 8.68. The second kappa shape index (κ2) is 9.09. The van der Waals surface area contributed by atoms with Gasteiger partial charge in [0.2, 0.25) is 0 Å². The fourth-order valence-corrected chi connectivity index (χ4v) is 3.44. The predicted molar refractivity (Wildman–Crippen MR) is 110 cm³/mol. The Morgan fingerprint density at radius 3 is 2.43 bits per heavy atom. The van der Waals surface area contributed by atoms with E-state index in [4.69, 9.17) is 17.3 Å². The van der Waals surface area contributed by atoms with E-state index in [0.717, 1.165) is 6.07 Å². The lowest BCUT2D eigenvalue weighted by molar-refractivity contribution is -0.138. The van der Waals surface area contributed by atoms with Crippen LogP contribution in [0.15, 0.2) is 36.4 Å². The zero-order valence-electron chi connectivity index (χ0n) is 16.0. The molecule has 0 saturated carbocycles. The third-order valence-corrected chi connectivity index (χ3v) is 5.11. The number of carbonyl (C=O) groups is 1. The van der Waals surface area contributed by atoms with Gasteiger partial charge in [0.15, 0.2) is 0 Å². The summed E-state index contributed by atoms with van der Waals surface area (Å²) in [5.41, 5.74) is 6.63. The van der Waals surface area contributed by atoms with Crippen molar-refractivity contribution in [2.75, 3.05) is 48.7 Å².